The molecule has 156 valence electrons. The lowest BCUT2D eigenvalue weighted by atomic mass is 10.1. The van der Waals surface area contributed by atoms with Gasteiger partial charge in [-0.1, -0.05) is 18.2 Å². The molecule has 0 unspecified atom stereocenters. The molecule has 3 heterocycles. The number of aromatic nitrogens is 1. The number of nitrogens with one attached hydrogen (secondary N) is 1. The first-order chi connectivity index (χ1) is 15.0. The van der Waals surface area contributed by atoms with E-state index in [4.69, 9.17) is 0 Å². The quantitative estimate of drug-likeness (QED) is 0.539. The molecule has 2 aromatic rings. The number of imide groups is 2. The highest BCUT2D eigenvalue weighted by molar-refractivity contribution is 8.18. The third-order valence-electron chi connectivity index (χ3n) is 4.69. The van der Waals surface area contributed by atoms with Crippen molar-refractivity contribution >= 4 is 46.7 Å². The van der Waals surface area contributed by atoms with E-state index in [1.54, 1.807) is 42.7 Å². The smallest absolute Gasteiger partial charge is 0.293 e. The minimum absolute atomic E-state index is 0.000214. The van der Waals surface area contributed by atoms with Crippen LogP contribution in [-0.4, -0.2) is 63.3 Å². The first-order valence-electron chi connectivity index (χ1n) is 9.33. The highest BCUT2D eigenvalue weighted by Crippen LogP contribution is 2.31. The van der Waals surface area contributed by atoms with Gasteiger partial charge in [0.2, 0.25) is 5.91 Å². The molecule has 0 aliphatic carbocycles. The summed E-state index contributed by atoms with van der Waals surface area (Å²) in [6, 6.07) is 9.85. The predicted molar refractivity (Wildman–Crippen MR) is 112 cm³/mol. The zero-order valence-corrected chi connectivity index (χ0v) is 16.9. The van der Waals surface area contributed by atoms with E-state index in [2.05, 4.69) is 10.3 Å². The number of hydrogen-bond donors (Lipinski definition) is 1. The van der Waals surface area contributed by atoms with Crippen LogP contribution in [0.2, 0.25) is 0 Å². The Bertz CT molecular complexity index is 1100. The molecule has 31 heavy (non-hydrogen) atoms. The molecular formula is C21H16N4O5S. The molecule has 0 radical (unpaired) electrons. The first-order valence-corrected chi connectivity index (χ1v) is 10.1. The van der Waals surface area contributed by atoms with Crippen molar-refractivity contribution in [1.82, 2.24) is 20.1 Å². The molecule has 1 aromatic heterocycles. The summed E-state index contributed by atoms with van der Waals surface area (Å²) >= 11 is 0.816. The Balaban J connectivity index is 1.31. The molecule has 0 saturated carbocycles. The topological polar surface area (TPSA) is 117 Å². The number of nitrogens with zero attached hydrogens (tertiary/aromatic N) is 3. The Morgan fingerprint density at radius 2 is 1.68 bits per heavy atom. The number of carbonyl (C=O) groups excluding carboxylic acids is 5. The van der Waals surface area contributed by atoms with Gasteiger partial charge in [0, 0.05) is 25.5 Å². The number of fused-ring (bicyclic) bond motifs is 1. The Kier molecular flexibility index (Phi) is 5.63. The number of amides is 5. The van der Waals surface area contributed by atoms with Gasteiger partial charge < -0.3 is 5.32 Å². The number of pyridine rings is 1. The number of benzene rings is 1. The Morgan fingerprint density at radius 1 is 0.968 bits per heavy atom. The van der Waals surface area contributed by atoms with Gasteiger partial charge in [-0.05, 0) is 41.6 Å². The lowest BCUT2D eigenvalue weighted by Gasteiger charge is -2.15. The number of rotatable bonds is 6. The second kappa shape index (κ2) is 8.52. The first kappa shape index (κ1) is 20.5. The van der Waals surface area contributed by atoms with Crippen LogP contribution in [0.4, 0.5) is 4.79 Å². The molecule has 5 amide bonds. The van der Waals surface area contributed by atoms with E-state index in [9.17, 15) is 24.0 Å². The van der Waals surface area contributed by atoms with E-state index >= 15 is 0 Å². The minimum Gasteiger partial charge on any atom is -0.353 e. The third-order valence-corrected chi connectivity index (χ3v) is 5.60. The lowest BCUT2D eigenvalue weighted by Crippen LogP contribution is -2.43. The lowest BCUT2D eigenvalue weighted by molar-refractivity contribution is -0.124. The number of hydrogen-bond acceptors (Lipinski definition) is 7. The van der Waals surface area contributed by atoms with Crippen molar-refractivity contribution < 1.29 is 24.0 Å². The Labute approximate surface area is 181 Å². The zero-order valence-electron chi connectivity index (χ0n) is 16.1. The van der Waals surface area contributed by atoms with E-state index in [1.807, 2.05) is 0 Å². The van der Waals surface area contributed by atoms with Crippen LogP contribution in [0.25, 0.3) is 6.08 Å². The summed E-state index contributed by atoms with van der Waals surface area (Å²) in [5, 5.41) is 2.10. The van der Waals surface area contributed by atoms with Gasteiger partial charge in [-0.2, -0.15) is 0 Å². The zero-order chi connectivity index (χ0) is 22.0. The van der Waals surface area contributed by atoms with Gasteiger partial charge in [-0.3, -0.25) is 38.8 Å². The van der Waals surface area contributed by atoms with Gasteiger partial charge in [0.05, 0.1) is 16.0 Å². The van der Waals surface area contributed by atoms with Gasteiger partial charge in [0.1, 0.15) is 6.54 Å². The van der Waals surface area contributed by atoms with Gasteiger partial charge in [-0.15, -0.1) is 0 Å². The second-order valence-electron chi connectivity index (χ2n) is 6.71. The van der Waals surface area contributed by atoms with Crippen molar-refractivity contribution in [2.24, 2.45) is 0 Å². The molecule has 2 aliphatic heterocycles. The van der Waals surface area contributed by atoms with E-state index in [0.29, 0.717) is 5.56 Å². The predicted octanol–water partition coefficient (Wildman–Crippen LogP) is 1.53. The molecule has 1 saturated heterocycles. The summed E-state index contributed by atoms with van der Waals surface area (Å²) in [6.45, 7) is -0.460. The molecule has 10 heteroatoms. The Morgan fingerprint density at radius 3 is 2.32 bits per heavy atom. The van der Waals surface area contributed by atoms with Crippen LogP contribution in [0.3, 0.4) is 0 Å². The fraction of sp³-hybridized carbons (Fsp3) is 0.143. The fourth-order valence-electron chi connectivity index (χ4n) is 3.19. The molecule has 0 bridgehead atoms. The van der Waals surface area contributed by atoms with Crippen molar-refractivity contribution in [2.75, 3.05) is 19.6 Å². The van der Waals surface area contributed by atoms with Gasteiger partial charge >= 0.3 is 0 Å². The third kappa shape index (κ3) is 4.10. The summed E-state index contributed by atoms with van der Waals surface area (Å²) in [6.07, 6.45) is 4.76. The standard InChI is InChI=1S/C21H16N4O5S/c26-17(12-25-18(27)14-5-1-2-6-15(14)19(25)28)23-8-9-24-20(29)16(31-21(24)30)10-13-4-3-7-22-11-13/h1-7,10-11H,8-9,12H2,(H,23,26)/b16-10-. The summed E-state index contributed by atoms with van der Waals surface area (Å²) < 4.78 is 0. The Hall–Kier alpha value is -3.79. The van der Waals surface area contributed by atoms with Crippen molar-refractivity contribution in [3.63, 3.8) is 0 Å². The molecule has 1 aromatic carbocycles. The monoisotopic (exact) mass is 436 g/mol. The summed E-state index contributed by atoms with van der Waals surface area (Å²) in [7, 11) is 0. The maximum atomic E-state index is 12.5. The highest BCUT2D eigenvalue weighted by Gasteiger charge is 2.37. The molecule has 2 aliphatic rings. The van der Waals surface area contributed by atoms with Gasteiger partial charge in [0.15, 0.2) is 0 Å². The molecule has 1 N–H and O–H groups in total. The van der Waals surface area contributed by atoms with Crippen LogP contribution in [0.5, 0.6) is 0 Å². The van der Waals surface area contributed by atoms with E-state index in [0.717, 1.165) is 21.6 Å². The molecule has 1 fully saturated rings. The average Bonchev–Trinajstić information content (AvgIpc) is 3.17. The van der Waals surface area contributed by atoms with Crippen LogP contribution in [0, 0.1) is 0 Å². The second-order valence-corrected chi connectivity index (χ2v) is 7.70. The van der Waals surface area contributed by atoms with Crippen molar-refractivity contribution in [2.45, 2.75) is 0 Å². The fourth-order valence-corrected chi connectivity index (χ4v) is 4.06. The van der Waals surface area contributed by atoms with Crippen molar-refractivity contribution in [3.8, 4) is 0 Å². The maximum absolute atomic E-state index is 12.5. The number of thioether (sulfide) groups is 1. The molecule has 0 spiro atoms. The SMILES string of the molecule is O=C(CN1C(=O)c2ccccc2C1=O)NCCN1C(=O)S/C(=C\c2cccnc2)C1=O. The highest BCUT2D eigenvalue weighted by atomic mass is 32.2. The van der Waals surface area contributed by atoms with Crippen LogP contribution < -0.4 is 5.32 Å². The van der Waals surface area contributed by atoms with Crippen LogP contribution >= 0.6 is 11.8 Å². The van der Waals surface area contributed by atoms with Crippen LogP contribution in [0.15, 0.2) is 53.7 Å². The van der Waals surface area contributed by atoms with Crippen molar-refractivity contribution in [1.29, 1.82) is 0 Å². The normalized spacial score (nSPS) is 17.0. The average molecular weight is 436 g/mol. The van der Waals surface area contributed by atoms with Crippen LogP contribution in [0.1, 0.15) is 26.3 Å². The maximum Gasteiger partial charge on any atom is 0.293 e. The summed E-state index contributed by atoms with van der Waals surface area (Å²) in [5.41, 5.74) is 1.22. The summed E-state index contributed by atoms with van der Waals surface area (Å²) in [5.74, 6) is -2.06. The van der Waals surface area contributed by atoms with Crippen molar-refractivity contribution in [3.05, 3.63) is 70.4 Å². The van der Waals surface area contributed by atoms with Gasteiger partial charge in [-0.25, -0.2) is 0 Å². The summed E-state index contributed by atoms with van der Waals surface area (Å²) in [4.78, 5) is 67.6. The van der Waals surface area contributed by atoms with E-state index in [1.165, 1.54) is 12.1 Å². The minimum atomic E-state index is -0.563. The van der Waals surface area contributed by atoms with E-state index in [-0.39, 0.29) is 29.1 Å². The number of carbonyl (C=O) groups is 5. The molecular weight excluding hydrogens is 420 g/mol. The van der Waals surface area contributed by atoms with Crippen LogP contribution in [-0.2, 0) is 9.59 Å². The molecule has 0 atom stereocenters. The molecule has 4 rings (SSSR count). The largest absolute Gasteiger partial charge is 0.353 e. The van der Waals surface area contributed by atoms with Gasteiger partial charge in [0.25, 0.3) is 23.0 Å². The molecule has 9 nitrogen and oxygen atoms in total. The van der Waals surface area contributed by atoms with E-state index < -0.39 is 35.4 Å².